The van der Waals surface area contributed by atoms with Crippen molar-refractivity contribution in [2.75, 3.05) is 0 Å². The fourth-order valence-electron chi connectivity index (χ4n) is 1.87. The summed E-state index contributed by atoms with van der Waals surface area (Å²) in [5.41, 5.74) is 3.21. The van der Waals surface area contributed by atoms with Crippen LogP contribution in [0.3, 0.4) is 0 Å². The maximum atomic E-state index is 11.5. The smallest absolute Gasteiger partial charge is 0.240 e. The third-order valence-electron chi connectivity index (χ3n) is 3.14. The number of phenolic OH excluding ortho intramolecular Hbond substituents is 1. The van der Waals surface area contributed by atoms with Gasteiger partial charge in [0.1, 0.15) is 5.75 Å². The van der Waals surface area contributed by atoms with E-state index in [4.69, 9.17) is 5.11 Å². The van der Waals surface area contributed by atoms with E-state index in [-0.39, 0.29) is 18.1 Å². The molecule has 0 saturated heterocycles. The molecule has 0 unspecified atom stereocenters. The molecule has 1 aromatic rings. The topological polar surface area (TPSA) is 81.9 Å². The highest BCUT2D eigenvalue weighted by molar-refractivity contribution is 5.82. The summed E-state index contributed by atoms with van der Waals surface area (Å²) in [5, 5.41) is 22.7. The first-order valence-electron chi connectivity index (χ1n) is 7.40. The van der Waals surface area contributed by atoms with Gasteiger partial charge in [0.05, 0.1) is 12.3 Å². The van der Waals surface area contributed by atoms with Gasteiger partial charge in [-0.25, -0.2) is 5.43 Å². The molecule has 0 aromatic heterocycles. The molecule has 0 spiro atoms. The van der Waals surface area contributed by atoms with E-state index < -0.39 is 6.10 Å². The van der Waals surface area contributed by atoms with Gasteiger partial charge in [0.2, 0.25) is 5.91 Å². The van der Waals surface area contributed by atoms with Crippen LogP contribution in [-0.4, -0.2) is 28.4 Å². The number of carbonyl (C=O) groups is 1. The molecule has 0 bridgehead atoms. The van der Waals surface area contributed by atoms with Gasteiger partial charge in [-0.2, -0.15) is 5.10 Å². The molecule has 0 fully saturated rings. The molecule has 1 amide bonds. The molecular weight excluding hydrogens is 268 g/mol. The highest BCUT2D eigenvalue weighted by atomic mass is 16.3. The van der Waals surface area contributed by atoms with Gasteiger partial charge in [-0.15, -0.1) is 0 Å². The van der Waals surface area contributed by atoms with Gasteiger partial charge < -0.3 is 10.2 Å². The van der Waals surface area contributed by atoms with E-state index in [2.05, 4.69) is 17.5 Å². The molecule has 0 heterocycles. The lowest BCUT2D eigenvalue weighted by molar-refractivity contribution is -0.121. The van der Waals surface area contributed by atoms with Gasteiger partial charge >= 0.3 is 0 Å². The molecule has 1 aromatic carbocycles. The lowest BCUT2D eigenvalue weighted by Crippen LogP contribution is -2.19. The van der Waals surface area contributed by atoms with Crippen LogP contribution in [0.4, 0.5) is 0 Å². The summed E-state index contributed by atoms with van der Waals surface area (Å²) in [5.74, 6) is -0.0205. The predicted molar refractivity (Wildman–Crippen MR) is 83.2 cm³/mol. The van der Waals surface area contributed by atoms with E-state index in [9.17, 15) is 9.90 Å². The van der Waals surface area contributed by atoms with Gasteiger partial charge in [-0.05, 0) is 42.7 Å². The number of unbranched alkanes of at least 4 members (excludes halogenated alkanes) is 2. The zero-order valence-corrected chi connectivity index (χ0v) is 12.5. The Balaban J connectivity index is 2.20. The maximum Gasteiger partial charge on any atom is 0.240 e. The number of rotatable bonds is 9. The summed E-state index contributed by atoms with van der Waals surface area (Å²) in [6, 6.07) is 6.50. The Hall–Kier alpha value is -1.88. The Labute approximate surface area is 125 Å². The first-order valence-corrected chi connectivity index (χ1v) is 7.40. The molecule has 0 aliphatic carbocycles. The minimum absolute atomic E-state index is 0.188. The monoisotopic (exact) mass is 292 g/mol. The standard InChI is InChI=1S/C16H24N2O3/c1-2-3-4-5-14(19)10-11-16(21)18-17-12-13-6-8-15(20)9-7-13/h6-9,12,14,19-20H,2-5,10-11H2,1H3,(H,18,21)/b17-12+/t14-/m0/s1. The van der Waals surface area contributed by atoms with Gasteiger partial charge in [0.15, 0.2) is 0 Å². The van der Waals surface area contributed by atoms with Crippen LogP contribution < -0.4 is 5.43 Å². The van der Waals surface area contributed by atoms with E-state index in [0.717, 1.165) is 31.2 Å². The average molecular weight is 292 g/mol. The van der Waals surface area contributed by atoms with Gasteiger partial charge in [-0.3, -0.25) is 4.79 Å². The molecule has 0 aliphatic rings. The first kappa shape index (κ1) is 17.2. The Bertz CT molecular complexity index is 443. The number of hydrazone groups is 1. The van der Waals surface area contributed by atoms with Crippen LogP contribution in [0, 0.1) is 0 Å². The van der Waals surface area contributed by atoms with E-state index >= 15 is 0 Å². The average Bonchev–Trinajstić information content (AvgIpc) is 2.47. The highest BCUT2D eigenvalue weighted by Crippen LogP contribution is 2.09. The number of amides is 1. The summed E-state index contributed by atoms with van der Waals surface area (Å²) >= 11 is 0. The fourth-order valence-corrected chi connectivity index (χ4v) is 1.87. The predicted octanol–water partition coefficient (Wildman–Crippen LogP) is 2.56. The second-order valence-electron chi connectivity index (χ2n) is 5.07. The second kappa shape index (κ2) is 9.94. The quantitative estimate of drug-likeness (QED) is 0.371. The molecular formula is C16H24N2O3. The van der Waals surface area contributed by atoms with Crippen molar-refractivity contribution in [1.29, 1.82) is 0 Å². The van der Waals surface area contributed by atoms with Gasteiger partial charge in [0, 0.05) is 6.42 Å². The SMILES string of the molecule is CCCCC[C@H](O)CCC(=O)N/N=C/c1ccc(O)cc1. The van der Waals surface area contributed by atoms with Crippen molar-refractivity contribution in [3.05, 3.63) is 29.8 Å². The largest absolute Gasteiger partial charge is 0.508 e. The van der Waals surface area contributed by atoms with Crippen LogP contribution in [0.5, 0.6) is 5.75 Å². The van der Waals surface area contributed by atoms with Crippen LogP contribution in [0.25, 0.3) is 0 Å². The lowest BCUT2D eigenvalue weighted by atomic mass is 10.1. The normalized spacial score (nSPS) is 12.5. The number of nitrogens with one attached hydrogen (secondary N) is 1. The molecule has 0 radical (unpaired) electrons. The van der Waals surface area contributed by atoms with Crippen molar-refractivity contribution in [2.24, 2.45) is 5.10 Å². The zero-order chi connectivity index (χ0) is 15.5. The Morgan fingerprint density at radius 2 is 2.00 bits per heavy atom. The van der Waals surface area contributed by atoms with E-state index in [1.807, 2.05) is 0 Å². The summed E-state index contributed by atoms with van der Waals surface area (Å²) < 4.78 is 0. The summed E-state index contributed by atoms with van der Waals surface area (Å²) in [4.78, 5) is 11.5. The Morgan fingerprint density at radius 1 is 1.29 bits per heavy atom. The minimum Gasteiger partial charge on any atom is -0.508 e. The number of benzene rings is 1. The van der Waals surface area contributed by atoms with Crippen LogP contribution in [-0.2, 0) is 4.79 Å². The zero-order valence-electron chi connectivity index (χ0n) is 12.5. The molecule has 1 atom stereocenters. The third kappa shape index (κ3) is 8.09. The highest BCUT2D eigenvalue weighted by Gasteiger charge is 2.07. The molecule has 0 aliphatic heterocycles. The molecule has 3 N–H and O–H groups in total. The molecule has 5 nitrogen and oxygen atoms in total. The van der Waals surface area contributed by atoms with Crippen molar-refractivity contribution in [1.82, 2.24) is 5.43 Å². The number of aliphatic hydroxyl groups is 1. The van der Waals surface area contributed by atoms with Gasteiger partial charge in [-0.1, -0.05) is 26.2 Å². The number of hydrogen-bond donors (Lipinski definition) is 3. The number of phenols is 1. The Morgan fingerprint density at radius 3 is 2.67 bits per heavy atom. The van der Waals surface area contributed by atoms with E-state index in [0.29, 0.717) is 6.42 Å². The number of aliphatic hydroxyl groups excluding tert-OH is 1. The van der Waals surface area contributed by atoms with E-state index in [1.54, 1.807) is 24.3 Å². The first-order chi connectivity index (χ1) is 10.1. The summed E-state index contributed by atoms with van der Waals surface area (Å²) in [7, 11) is 0. The summed E-state index contributed by atoms with van der Waals surface area (Å²) in [6.07, 6.45) is 5.80. The fraction of sp³-hybridized carbons (Fsp3) is 0.500. The third-order valence-corrected chi connectivity index (χ3v) is 3.14. The van der Waals surface area contributed by atoms with Crippen molar-refractivity contribution in [3.63, 3.8) is 0 Å². The van der Waals surface area contributed by atoms with Crippen molar-refractivity contribution in [3.8, 4) is 5.75 Å². The second-order valence-corrected chi connectivity index (χ2v) is 5.07. The molecule has 0 saturated carbocycles. The van der Waals surface area contributed by atoms with Crippen LogP contribution in [0.2, 0.25) is 0 Å². The van der Waals surface area contributed by atoms with Gasteiger partial charge in [0.25, 0.3) is 0 Å². The van der Waals surface area contributed by atoms with Crippen molar-refractivity contribution >= 4 is 12.1 Å². The molecule has 5 heteroatoms. The Kier molecular flexibility index (Phi) is 8.12. The molecule has 21 heavy (non-hydrogen) atoms. The molecule has 116 valence electrons. The van der Waals surface area contributed by atoms with Crippen LogP contribution in [0.1, 0.15) is 51.0 Å². The van der Waals surface area contributed by atoms with Crippen molar-refractivity contribution < 1.29 is 15.0 Å². The number of nitrogens with zero attached hydrogens (tertiary/aromatic N) is 1. The number of carbonyl (C=O) groups excluding carboxylic acids is 1. The van der Waals surface area contributed by atoms with Crippen LogP contribution in [0.15, 0.2) is 29.4 Å². The van der Waals surface area contributed by atoms with E-state index in [1.165, 1.54) is 6.21 Å². The maximum absolute atomic E-state index is 11.5. The molecule has 1 rings (SSSR count). The number of aromatic hydroxyl groups is 1. The van der Waals surface area contributed by atoms with Crippen molar-refractivity contribution in [2.45, 2.75) is 51.6 Å². The number of hydrogen-bond acceptors (Lipinski definition) is 4. The minimum atomic E-state index is -0.414. The summed E-state index contributed by atoms with van der Waals surface area (Å²) in [6.45, 7) is 2.12. The van der Waals surface area contributed by atoms with Crippen LogP contribution >= 0.6 is 0 Å². The lowest BCUT2D eigenvalue weighted by Gasteiger charge is -2.08.